The largest absolute Gasteiger partial charge is 0.370 e. The van der Waals surface area contributed by atoms with Crippen LogP contribution in [0.5, 0.6) is 0 Å². The molecule has 8 atom stereocenters. The summed E-state index contributed by atoms with van der Waals surface area (Å²) in [6.45, 7) is -0.418. The Morgan fingerprint density at radius 1 is 0.712 bits per heavy atom. The number of carbonyl (C=O) groups is 11. The molecule has 19 N–H and O–H groups in total. The molecule has 2 aromatic carbocycles. The van der Waals surface area contributed by atoms with Gasteiger partial charge in [-0.2, -0.15) is 0 Å². The Hall–Kier alpha value is -7.46. The van der Waals surface area contributed by atoms with Gasteiger partial charge in [-0.25, -0.2) is 0 Å². The molecule has 11 amide bonds. The number of guanidine groups is 1. The highest BCUT2D eigenvalue weighted by atomic mass is 33.1. The molecular formula is C45H63N15O11S2. The first-order valence-corrected chi connectivity index (χ1v) is 25.6. The van der Waals surface area contributed by atoms with Crippen molar-refractivity contribution in [3.05, 3.63) is 71.8 Å². The molecule has 26 nitrogen and oxygen atoms in total. The summed E-state index contributed by atoms with van der Waals surface area (Å²) < 4.78 is 0. The van der Waals surface area contributed by atoms with E-state index in [2.05, 4.69) is 42.2 Å². The fourth-order valence-corrected chi connectivity index (χ4v) is 9.90. The number of nitrogens with one attached hydrogen (secondary N) is 7. The van der Waals surface area contributed by atoms with E-state index in [-0.39, 0.29) is 56.2 Å². The van der Waals surface area contributed by atoms with E-state index in [0.29, 0.717) is 17.5 Å². The third-order valence-corrected chi connectivity index (χ3v) is 13.8. The summed E-state index contributed by atoms with van der Waals surface area (Å²) in [6, 6.07) is 5.29. The maximum Gasteiger partial charge on any atom is 0.247 e. The number of nitrogens with two attached hydrogens (primary N) is 6. The van der Waals surface area contributed by atoms with Gasteiger partial charge in [-0.15, -0.1) is 0 Å². The molecule has 0 unspecified atom stereocenters. The van der Waals surface area contributed by atoms with Crippen molar-refractivity contribution in [3.8, 4) is 0 Å². The molecule has 73 heavy (non-hydrogen) atoms. The summed E-state index contributed by atoms with van der Waals surface area (Å²) in [5, 5.41) is 17.8. The molecule has 0 saturated carbocycles. The van der Waals surface area contributed by atoms with E-state index in [4.69, 9.17) is 34.4 Å². The topological polar surface area (TPSA) is 444 Å². The molecule has 4 rings (SSSR count). The normalized spacial score (nSPS) is 22.9. The molecule has 28 heteroatoms. The molecule has 2 heterocycles. The predicted molar refractivity (Wildman–Crippen MR) is 269 cm³/mol. The lowest BCUT2D eigenvalue weighted by atomic mass is 10.0. The maximum atomic E-state index is 14.6. The van der Waals surface area contributed by atoms with Crippen LogP contribution in [-0.2, 0) is 59.2 Å². The first kappa shape index (κ1) is 58.1. The monoisotopic (exact) mass is 1050 g/mol. The Kier molecular flexibility index (Phi) is 23.2. The predicted octanol–water partition coefficient (Wildman–Crippen LogP) is -4.98. The average molecular weight is 1050 g/mol. The second-order valence-corrected chi connectivity index (χ2v) is 19.6. The summed E-state index contributed by atoms with van der Waals surface area (Å²) in [6.07, 6.45) is -1.14. The van der Waals surface area contributed by atoms with Gasteiger partial charge in [0, 0.05) is 37.4 Å². The van der Waals surface area contributed by atoms with Crippen molar-refractivity contribution in [1.82, 2.24) is 42.1 Å². The Bertz CT molecular complexity index is 2350. The molecule has 2 aliphatic rings. The van der Waals surface area contributed by atoms with Crippen molar-refractivity contribution in [2.45, 2.75) is 99.7 Å². The highest BCUT2D eigenvalue weighted by Crippen LogP contribution is 2.26. The van der Waals surface area contributed by atoms with Crippen LogP contribution in [0, 0.1) is 0 Å². The van der Waals surface area contributed by atoms with E-state index in [1.165, 1.54) is 4.90 Å². The van der Waals surface area contributed by atoms with E-state index in [9.17, 15) is 52.7 Å². The van der Waals surface area contributed by atoms with Crippen LogP contribution in [0.25, 0.3) is 0 Å². The maximum absolute atomic E-state index is 14.6. The number of hydrogen-bond acceptors (Lipinski definition) is 15. The number of carbonyl (C=O) groups excluding carboxylic acids is 11. The zero-order chi connectivity index (χ0) is 53.6. The number of benzene rings is 2. The number of aliphatic imine (C=N–C) groups is 1. The van der Waals surface area contributed by atoms with Gasteiger partial charge in [0.25, 0.3) is 0 Å². The van der Waals surface area contributed by atoms with Gasteiger partial charge >= 0.3 is 0 Å². The van der Waals surface area contributed by atoms with E-state index in [0.717, 1.165) is 21.6 Å². The lowest BCUT2D eigenvalue weighted by molar-refractivity contribution is -0.142. The van der Waals surface area contributed by atoms with Crippen molar-refractivity contribution in [2.75, 3.05) is 31.1 Å². The summed E-state index contributed by atoms with van der Waals surface area (Å²) >= 11 is 0. The summed E-state index contributed by atoms with van der Waals surface area (Å²) in [5.41, 5.74) is 34.3. The van der Waals surface area contributed by atoms with Gasteiger partial charge < -0.3 is 76.5 Å². The highest BCUT2D eigenvalue weighted by Gasteiger charge is 2.40. The van der Waals surface area contributed by atoms with Crippen molar-refractivity contribution in [3.63, 3.8) is 0 Å². The summed E-state index contributed by atoms with van der Waals surface area (Å²) in [4.78, 5) is 153. The Labute approximate surface area is 427 Å². The van der Waals surface area contributed by atoms with Crippen LogP contribution in [0.15, 0.2) is 65.7 Å². The SMILES string of the molecule is NC(=O)CC[C@@H]1NC(=O)[C@H](Cc2ccccc2)NC(=O)[C@@H](c2ccccc2)NC(=O)[C@@H](N)CSSC[C@@H](C(=O)N2CCC[C@H]2C(=O)N[C@@H](CCCN=C(N)N)C(=O)NCC(N)=O)NC(=O)[C@H](CC(N)=O)NC1=O. The standard InChI is InChI=1S/C45H63N15O11S2/c46-26-22-72-73-23-31(44(71)60-18-8-14-32(60)42(69)55-27(13-7-17-52-45(50)51)38(65)53-21-35(49)63)58-41(68)30(20-34(48)62)56-39(66)28(15-16-33(47)61)54-40(67)29(19-24-9-3-1-4-10-24)57-43(70)36(59-37(26)64)25-11-5-2-6-12-25/h1-6,9-12,26-32,36H,7-8,13-23,46H2,(H2,47,61)(H2,48,62)(H2,49,63)(H,53,65)(H,54,67)(H,55,69)(H,56,66)(H,57,70)(H,58,68)(H,59,64)(H4,50,51,52)/t26-,27-,28-,29-,30-,31-,32-,36+/m0/s1. The first-order chi connectivity index (χ1) is 34.7. The van der Waals surface area contributed by atoms with E-state index in [1.54, 1.807) is 60.7 Å². The molecule has 2 aliphatic heterocycles. The average Bonchev–Trinajstić information content (AvgIpc) is 3.85. The molecule has 2 fully saturated rings. The minimum Gasteiger partial charge on any atom is -0.370 e. The Morgan fingerprint density at radius 2 is 1.33 bits per heavy atom. The van der Waals surface area contributed by atoms with Gasteiger partial charge in [-0.3, -0.25) is 57.7 Å². The van der Waals surface area contributed by atoms with Crippen molar-refractivity contribution in [1.29, 1.82) is 0 Å². The highest BCUT2D eigenvalue weighted by molar-refractivity contribution is 8.76. The zero-order valence-electron chi connectivity index (χ0n) is 39.8. The van der Waals surface area contributed by atoms with Crippen LogP contribution >= 0.6 is 21.6 Å². The van der Waals surface area contributed by atoms with Gasteiger partial charge in [0.05, 0.1) is 19.0 Å². The van der Waals surface area contributed by atoms with E-state index < -0.39 is 139 Å². The second kappa shape index (κ2) is 29.2. The van der Waals surface area contributed by atoms with Crippen LogP contribution < -0.4 is 71.6 Å². The fourth-order valence-electron chi connectivity index (χ4n) is 7.62. The molecule has 0 aliphatic carbocycles. The van der Waals surface area contributed by atoms with Crippen LogP contribution in [0.2, 0.25) is 0 Å². The molecule has 396 valence electrons. The molecule has 2 aromatic rings. The first-order valence-electron chi connectivity index (χ1n) is 23.1. The fraction of sp³-hybridized carbons (Fsp3) is 0.467. The smallest absolute Gasteiger partial charge is 0.247 e. The van der Waals surface area contributed by atoms with Gasteiger partial charge in [-0.05, 0) is 43.2 Å². The van der Waals surface area contributed by atoms with Gasteiger partial charge in [0.2, 0.25) is 65.0 Å². The third-order valence-electron chi connectivity index (χ3n) is 11.3. The van der Waals surface area contributed by atoms with Crippen LogP contribution in [0.1, 0.15) is 62.1 Å². The van der Waals surface area contributed by atoms with Gasteiger partial charge in [-0.1, -0.05) is 82.3 Å². The van der Waals surface area contributed by atoms with Crippen LogP contribution in [0.3, 0.4) is 0 Å². The van der Waals surface area contributed by atoms with E-state index >= 15 is 0 Å². The number of amides is 11. The lowest BCUT2D eigenvalue weighted by Gasteiger charge is -2.31. The Morgan fingerprint density at radius 3 is 1.97 bits per heavy atom. The second-order valence-electron chi connectivity index (χ2n) is 17.0. The minimum absolute atomic E-state index is 0.00883. The summed E-state index contributed by atoms with van der Waals surface area (Å²) in [7, 11) is 2.03. The molecular weight excluding hydrogens is 991 g/mol. The number of likely N-dealkylation sites (tertiary alicyclic amines) is 1. The number of nitrogens with zero attached hydrogens (tertiary/aromatic N) is 2. The number of hydrogen-bond donors (Lipinski definition) is 13. The number of primary amides is 3. The van der Waals surface area contributed by atoms with Gasteiger partial charge in [0.1, 0.15) is 42.3 Å². The quantitative estimate of drug-likeness (QED) is 0.0288. The van der Waals surface area contributed by atoms with Crippen molar-refractivity contribution < 1.29 is 52.7 Å². The molecule has 2 saturated heterocycles. The number of rotatable bonds is 18. The molecule has 0 aromatic heterocycles. The van der Waals surface area contributed by atoms with Crippen LogP contribution in [0.4, 0.5) is 0 Å². The van der Waals surface area contributed by atoms with Crippen LogP contribution in [-0.4, -0.2) is 149 Å². The molecule has 0 radical (unpaired) electrons. The van der Waals surface area contributed by atoms with Crippen molar-refractivity contribution in [2.24, 2.45) is 39.4 Å². The lowest BCUT2D eigenvalue weighted by Crippen LogP contribution is -2.60. The summed E-state index contributed by atoms with van der Waals surface area (Å²) in [5.74, 6) is -10.3. The van der Waals surface area contributed by atoms with Gasteiger partial charge in [0.15, 0.2) is 5.96 Å². The Balaban J connectivity index is 1.70. The molecule has 0 spiro atoms. The minimum atomic E-state index is -1.78. The zero-order valence-corrected chi connectivity index (χ0v) is 41.4. The molecule has 0 bridgehead atoms. The van der Waals surface area contributed by atoms with E-state index in [1.807, 2.05) is 0 Å². The third kappa shape index (κ3) is 19.2. The van der Waals surface area contributed by atoms with Crippen molar-refractivity contribution >= 4 is 92.5 Å².